The molecule has 3 heteroatoms. The second-order valence-corrected chi connectivity index (χ2v) is 5.07. The fraction of sp³-hybridized carbons (Fsp3) is 0.571. The molecule has 0 bridgehead atoms. The number of hydrogen-bond donors (Lipinski definition) is 1. The molecule has 0 saturated carbocycles. The average molecular weight is 234 g/mol. The molecule has 0 spiro atoms. The Morgan fingerprint density at radius 2 is 1.82 bits per heavy atom. The molecule has 1 heterocycles. The van der Waals surface area contributed by atoms with Crippen molar-refractivity contribution >= 4 is 5.69 Å². The Labute approximate surface area is 104 Å². The molecule has 0 atom stereocenters. The predicted molar refractivity (Wildman–Crippen MR) is 71.7 cm³/mol. The summed E-state index contributed by atoms with van der Waals surface area (Å²) in [6.45, 7) is 6.94. The summed E-state index contributed by atoms with van der Waals surface area (Å²) in [6.07, 6.45) is 2.11. The van der Waals surface area contributed by atoms with Crippen LogP contribution in [0.25, 0.3) is 0 Å². The fourth-order valence-electron chi connectivity index (χ4n) is 2.20. The molecule has 17 heavy (non-hydrogen) atoms. The van der Waals surface area contributed by atoms with Crippen molar-refractivity contribution < 1.29 is 4.74 Å². The normalized spacial score (nSPS) is 19.1. The third-order valence-corrected chi connectivity index (χ3v) is 3.42. The molecular formula is C14H22N2O. The number of benzene rings is 1. The lowest BCUT2D eigenvalue weighted by Gasteiger charge is -2.38. The van der Waals surface area contributed by atoms with E-state index >= 15 is 0 Å². The summed E-state index contributed by atoms with van der Waals surface area (Å²) < 4.78 is 5.44. The van der Waals surface area contributed by atoms with Crippen LogP contribution in [0.15, 0.2) is 24.3 Å². The van der Waals surface area contributed by atoms with E-state index in [1.165, 1.54) is 5.69 Å². The summed E-state index contributed by atoms with van der Waals surface area (Å²) in [6, 6.07) is 8.33. The first-order valence-corrected chi connectivity index (χ1v) is 6.37. The second kappa shape index (κ2) is 4.96. The van der Waals surface area contributed by atoms with Crippen LogP contribution >= 0.6 is 0 Å². The van der Waals surface area contributed by atoms with Gasteiger partial charge in [0.05, 0.1) is 6.61 Å². The van der Waals surface area contributed by atoms with Crippen LogP contribution in [-0.2, 0) is 0 Å². The summed E-state index contributed by atoms with van der Waals surface area (Å²) in [4.78, 5) is 2.39. The first-order valence-electron chi connectivity index (χ1n) is 6.37. The molecule has 2 N–H and O–H groups in total. The molecule has 2 rings (SSSR count). The van der Waals surface area contributed by atoms with E-state index in [2.05, 4.69) is 24.0 Å². The zero-order chi connectivity index (χ0) is 12.3. The Kier molecular flexibility index (Phi) is 3.57. The molecule has 0 unspecified atom stereocenters. The lowest BCUT2D eigenvalue weighted by molar-refractivity contribution is 0.340. The molecule has 0 amide bonds. The van der Waals surface area contributed by atoms with E-state index < -0.39 is 0 Å². The molecule has 1 aliphatic rings. The van der Waals surface area contributed by atoms with Crippen molar-refractivity contribution in [2.45, 2.75) is 32.2 Å². The standard InChI is InChI=1S/C14H22N2O/c1-3-17-13-6-4-12(5-7-13)16-10-8-14(2,15)9-11-16/h4-7H,3,8-11,15H2,1-2H3. The highest BCUT2D eigenvalue weighted by Gasteiger charge is 2.25. The van der Waals surface area contributed by atoms with Crippen LogP contribution in [0.2, 0.25) is 0 Å². The van der Waals surface area contributed by atoms with Crippen molar-refractivity contribution in [3.63, 3.8) is 0 Å². The van der Waals surface area contributed by atoms with Gasteiger partial charge in [-0.1, -0.05) is 0 Å². The average Bonchev–Trinajstić information content (AvgIpc) is 2.31. The largest absolute Gasteiger partial charge is 0.494 e. The van der Waals surface area contributed by atoms with E-state index in [4.69, 9.17) is 10.5 Å². The van der Waals surface area contributed by atoms with Crippen LogP contribution < -0.4 is 15.4 Å². The zero-order valence-corrected chi connectivity index (χ0v) is 10.8. The van der Waals surface area contributed by atoms with Gasteiger partial charge in [-0.25, -0.2) is 0 Å². The highest BCUT2D eigenvalue weighted by Crippen LogP contribution is 2.25. The monoisotopic (exact) mass is 234 g/mol. The first kappa shape index (κ1) is 12.2. The summed E-state index contributed by atoms with van der Waals surface area (Å²) in [5.41, 5.74) is 7.42. The van der Waals surface area contributed by atoms with Crippen molar-refractivity contribution in [1.29, 1.82) is 0 Å². The van der Waals surface area contributed by atoms with E-state index in [1.54, 1.807) is 0 Å². The smallest absolute Gasteiger partial charge is 0.119 e. The van der Waals surface area contributed by atoms with Gasteiger partial charge in [-0.15, -0.1) is 0 Å². The first-order chi connectivity index (χ1) is 8.11. The van der Waals surface area contributed by atoms with Gasteiger partial charge in [-0.3, -0.25) is 0 Å². The summed E-state index contributed by atoms with van der Waals surface area (Å²) in [7, 11) is 0. The predicted octanol–water partition coefficient (Wildman–Crippen LogP) is 2.40. The van der Waals surface area contributed by atoms with Crippen LogP contribution in [0, 0.1) is 0 Å². The van der Waals surface area contributed by atoms with E-state index in [0.29, 0.717) is 6.61 Å². The number of anilines is 1. The van der Waals surface area contributed by atoms with Crippen LogP contribution in [-0.4, -0.2) is 25.2 Å². The number of piperidine rings is 1. The minimum absolute atomic E-state index is 0.0156. The van der Waals surface area contributed by atoms with Gasteiger partial charge < -0.3 is 15.4 Å². The van der Waals surface area contributed by atoms with Crippen molar-refractivity contribution in [3.8, 4) is 5.75 Å². The number of hydrogen-bond acceptors (Lipinski definition) is 3. The Morgan fingerprint density at radius 1 is 1.24 bits per heavy atom. The molecule has 1 aromatic rings. The van der Waals surface area contributed by atoms with Gasteiger partial charge in [-0.05, 0) is 51.0 Å². The summed E-state index contributed by atoms with van der Waals surface area (Å²) in [5.74, 6) is 0.942. The molecule has 0 aliphatic carbocycles. The SMILES string of the molecule is CCOc1ccc(N2CCC(C)(N)CC2)cc1. The van der Waals surface area contributed by atoms with Gasteiger partial charge in [0, 0.05) is 24.3 Å². The topological polar surface area (TPSA) is 38.5 Å². The van der Waals surface area contributed by atoms with E-state index in [9.17, 15) is 0 Å². The molecule has 0 aromatic heterocycles. The van der Waals surface area contributed by atoms with Gasteiger partial charge >= 0.3 is 0 Å². The maximum atomic E-state index is 6.14. The van der Waals surface area contributed by atoms with Crippen LogP contribution in [0.1, 0.15) is 26.7 Å². The summed E-state index contributed by atoms with van der Waals surface area (Å²) >= 11 is 0. The van der Waals surface area contributed by atoms with E-state index in [-0.39, 0.29) is 5.54 Å². The lowest BCUT2D eigenvalue weighted by Crippen LogP contribution is -2.48. The van der Waals surface area contributed by atoms with Gasteiger partial charge in [0.15, 0.2) is 0 Å². The molecule has 94 valence electrons. The maximum absolute atomic E-state index is 6.14. The van der Waals surface area contributed by atoms with Crippen LogP contribution in [0.5, 0.6) is 5.75 Å². The molecule has 1 saturated heterocycles. The number of ether oxygens (including phenoxy) is 1. The minimum Gasteiger partial charge on any atom is -0.494 e. The van der Waals surface area contributed by atoms with Crippen molar-refractivity contribution in [2.75, 3.05) is 24.6 Å². The fourth-order valence-corrected chi connectivity index (χ4v) is 2.20. The molecule has 3 nitrogen and oxygen atoms in total. The van der Waals surface area contributed by atoms with Crippen LogP contribution in [0.4, 0.5) is 5.69 Å². The number of rotatable bonds is 3. The Bertz CT molecular complexity index is 349. The van der Waals surface area contributed by atoms with Gasteiger partial charge in [0.1, 0.15) is 5.75 Å². The van der Waals surface area contributed by atoms with Crippen LogP contribution in [0.3, 0.4) is 0 Å². The zero-order valence-electron chi connectivity index (χ0n) is 10.8. The molecule has 0 radical (unpaired) electrons. The van der Waals surface area contributed by atoms with Gasteiger partial charge in [0.25, 0.3) is 0 Å². The van der Waals surface area contributed by atoms with Crippen molar-refractivity contribution in [2.24, 2.45) is 5.73 Å². The highest BCUT2D eigenvalue weighted by atomic mass is 16.5. The third-order valence-electron chi connectivity index (χ3n) is 3.42. The Hall–Kier alpha value is -1.22. The summed E-state index contributed by atoms with van der Waals surface area (Å²) in [5, 5.41) is 0. The molecule has 1 aliphatic heterocycles. The molecule has 1 aromatic carbocycles. The second-order valence-electron chi connectivity index (χ2n) is 5.07. The van der Waals surface area contributed by atoms with Gasteiger partial charge in [-0.2, -0.15) is 0 Å². The van der Waals surface area contributed by atoms with Crippen molar-refractivity contribution in [3.05, 3.63) is 24.3 Å². The van der Waals surface area contributed by atoms with E-state index in [1.807, 2.05) is 19.1 Å². The maximum Gasteiger partial charge on any atom is 0.119 e. The number of nitrogens with zero attached hydrogens (tertiary/aromatic N) is 1. The lowest BCUT2D eigenvalue weighted by atomic mass is 9.91. The minimum atomic E-state index is 0.0156. The number of nitrogens with two attached hydrogens (primary N) is 1. The Balaban J connectivity index is 1.99. The Morgan fingerprint density at radius 3 is 2.35 bits per heavy atom. The third kappa shape index (κ3) is 3.13. The van der Waals surface area contributed by atoms with Gasteiger partial charge in [0.2, 0.25) is 0 Å². The quantitative estimate of drug-likeness (QED) is 0.872. The molecular weight excluding hydrogens is 212 g/mol. The highest BCUT2D eigenvalue weighted by molar-refractivity contribution is 5.49. The van der Waals surface area contributed by atoms with E-state index in [0.717, 1.165) is 31.7 Å². The van der Waals surface area contributed by atoms with Crippen molar-refractivity contribution in [1.82, 2.24) is 0 Å². The molecule has 1 fully saturated rings.